The van der Waals surface area contributed by atoms with E-state index in [9.17, 15) is 4.79 Å². The third-order valence-corrected chi connectivity index (χ3v) is 7.10. The van der Waals surface area contributed by atoms with Gasteiger partial charge < -0.3 is 10.1 Å². The number of ether oxygens (including phenoxy) is 1. The van der Waals surface area contributed by atoms with Crippen LogP contribution in [0.5, 0.6) is 0 Å². The van der Waals surface area contributed by atoms with Crippen molar-refractivity contribution in [3.05, 3.63) is 76.6 Å². The highest BCUT2D eigenvalue weighted by Gasteiger charge is 2.14. The highest BCUT2D eigenvalue weighted by Crippen LogP contribution is 2.27. The predicted octanol–water partition coefficient (Wildman–Crippen LogP) is 4.95. The molecule has 0 aliphatic carbocycles. The van der Waals surface area contributed by atoms with E-state index >= 15 is 0 Å². The number of thiazole rings is 2. The molecular formula is C25H24N4O2S2. The zero-order valence-electron chi connectivity index (χ0n) is 18.1. The lowest BCUT2D eigenvalue weighted by atomic mass is 10.1. The molecule has 0 bridgehead atoms. The fourth-order valence-electron chi connectivity index (χ4n) is 3.74. The largest absolute Gasteiger partial charge is 0.379 e. The van der Waals surface area contributed by atoms with E-state index in [4.69, 9.17) is 9.72 Å². The maximum Gasteiger partial charge on any atom is 0.232 e. The second-order valence-corrected chi connectivity index (χ2v) is 9.58. The Labute approximate surface area is 200 Å². The lowest BCUT2D eigenvalue weighted by Gasteiger charge is -2.26. The summed E-state index contributed by atoms with van der Waals surface area (Å²) in [5, 5.41) is 8.35. The molecule has 8 heteroatoms. The number of amides is 1. The van der Waals surface area contributed by atoms with Gasteiger partial charge in [0.25, 0.3) is 0 Å². The third kappa shape index (κ3) is 5.72. The second kappa shape index (κ2) is 10.4. The van der Waals surface area contributed by atoms with Crippen molar-refractivity contribution in [3.8, 4) is 21.8 Å². The number of hydrogen-bond acceptors (Lipinski definition) is 7. The zero-order chi connectivity index (χ0) is 22.5. The van der Waals surface area contributed by atoms with Crippen LogP contribution >= 0.6 is 22.7 Å². The van der Waals surface area contributed by atoms with Crippen molar-refractivity contribution in [3.63, 3.8) is 0 Å². The number of nitrogens with one attached hydrogen (secondary N) is 1. The van der Waals surface area contributed by atoms with Gasteiger partial charge in [0.15, 0.2) is 5.13 Å². The van der Waals surface area contributed by atoms with Gasteiger partial charge in [-0.1, -0.05) is 48.5 Å². The highest BCUT2D eigenvalue weighted by molar-refractivity contribution is 7.14. The van der Waals surface area contributed by atoms with Crippen LogP contribution in [0.15, 0.2) is 65.4 Å². The Kier molecular flexibility index (Phi) is 6.87. The smallest absolute Gasteiger partial charge is 0.232 e. The van der Waals surface area contributed by atoms with Crippen molar-refractivity contribution in [2.45, 2.75) is 13.0 Å². The summed E-state index contributed by atoms with van der Waals surface area (Å²) < 4.78 is 5.44. The molecule has 1 saturated heterocycles. The Morgan fingerprint density at radius 1 is 0.970 bits per heavy atom. The lowest BCUT2D eigenvalue weighted by Crippen LogP contribution is -2.35. The quantitative estimate of drug-likeness (QED) is 0.409. The molecule has 1 N–H and O–H groups in total. The minimum atomic E-state index is -0.109. The van der Waals surface area contributed by atoms with E-state index in [0.717, 1.165) is 60.4 Å². The van der Waals surface area contributed by atoms with Crippen molar-refractivity contribution in [1.82, 2.24) is 14.9 Å². The minimum absolute atomic E-state index is 0.109. The van der Waals surface area contributed by atoms with Crippen molar-refractivity contribution in [1.29, 1.82) is 0 Å². The van der Waals surface area contributed by atoms with Gasteiger partial charge in [-0.05, 0) is 11.6 Å². The SMILES string of the molecule is O=C(Cc1csc(-c2cccc(CN3CCOCC3)c2)n1)Nc1nc(-c2ccccc2)cs1. The van der Waals surface area contributed by atoms with Gasteiger partial charge >= 0.3 is 0 Å². The van der Waals surface area contributed by atoms with Crippen LogP contribution in [0.2, 0.25) is 0 Å². The first-order valence-corrected chi connectivity index (χ1v) is 12.6. The number of anilines is 1. The van der Waals surface area contributed by atoms with Crippen LogP contribution in [0.1, 0.15) is 11.3 Å². The number of benzene rings is 2. The van der Waals surface area contributed by atoms with Crippen LogP contribution in [-0.2, 0) is 22.5 Å². The molecule has 0 spiro atoms. The van der Waals surface area contributed by atoms with E-state index in [0.29, 0.717) is 5.13 Å². The van der Waals surface area contributed by atoms with Crippen LogP contribution in [0.25, 0.3) is 21.8 Å². The number of carbonyl (C=O) groups excluding carboxylic acids is 1. The van der Waals surface area contributed by atoms with Gasteiger partial charge in [-0.2, -0.15) is 0 Å². The van der Waals surface area contributed by atoms with Gasteiger partial charge in [0.2, 0.25) is 5.91 Å². The van der Waals surface area contributed by atoms with E-state index in [-0.39, 0.29) is 12.3 Å². The van der Waals surface area contributed by atoms with Gasteiger partial charge in [0.1, 0.15) is 5.01 Å². The average Bonchev–Trinajstić information content (AvgIpc) is 3.50. The number of nitrogens with zero attached hydrogens (tertiary/aromatic N) is 3. The van der Waals surface area contributed by atoms with Crippen LogP contribution < -0.4 is 5.32 Å². The number of carbonyl (C=O) groups is 1. The Morgan fingerprint density at radius 3 is 2.64 bits per heavy atom. The van der Waals surface area contributed by atoms with Crippen molar-refractivity contribution in [2.24, 2.45) is 0 Å². The van der Waals surface area contributed by atoms with Crippen molar-refractivity contribution < 1.29 is 9.53 Å². The summed E-state index contributed by atoms with van der Waals surface area (Å²) in [7, 11) is 0. The molecule has 1 fully saturated rings. The second-order valence-electron chi connectivity index (χ2n) is 7.86. The maximum absolute atomic E-state index is 12.6. The van der Waals surface area contributed by atoms with E-state index < -0.39 is 0 Å². The van der Waals surface area contributed by atoms with E-state index in [1.807, 2.05) is 41.1 Å². The average molecular weight is 477 g/mol. The summed E-state index contributed by atoms with van der Waals surface area (Å²) >= 11 is 3.00. The molecule has 5 rings (SSSR count). The standard InChI is InChI=1S/C25H24N4O2S2/c30-23(28-25-27-22(17-33-25)19-6-2-1-3-7-19)14-21-16-32-24(26-21)20-8-4-5-18(13-20)15-29-9-11-31-12-10-29/h1-8,13,16-17H,9-12,14-15H2,(H,27,28,30). The third-order valence-electron chi connectivity index (χ3n) is 5.40. The normalized spacial score (nSPS) is 14.3. The van der Waals surface area contributed by atoms with Crippen LogP contribution in [0.3, 0.4) is 0 Å². The first-order valence-electron chi connectivity index (χ1n) is 10.9. The fraction of sp³-hybridized carbons (Fsp3) is 0.240. The van der Waals surface area contributed by atoms with Crippen LogP contribution in [0.4, 0.5) is 5.13 Å². The van der Waals surface area contributed by atoms with Gasteiger partial charge in [-0.3, -0.25) is 9.69 Å². The van der Waals surface area contributed by atoms with E-state index in [2.05, 4.69) is 39.5 Å². The highest BCUT2D eigenvalue weighted by atomic mass is 32.1. The number of morpholine rings is 1. The molecule has 168 valence electrons. The summed E-state index contributed by atoms with van der Waals surface area (Å²) in [5.41, 5.74) is 5.02. The molecule has 0 saturated carbocycles. The van der Waals surface area contributed by atoms with Crippen LogP contribution in [0, 0.1) is 0 Å². The summed E-state index contributed by atoms with van der Waals surface area (Å²) in [6.45, 7) is 4.44. The van der Waals surface area contributed by atoms with E-state index in [1.165, 1.54) is 16.9 Å². The fourth-order valence-corrected chi connectivity index (χ4v) is 5.29. The Balaban J connectivity index is 1.20. The van der Waals surface area contributed by atoms with Gasteiger partial charge in [0, 0.05) is 41.5 Å². The topological polar surface area (TPSA) is 67.4 Å². The molecule has 33 heavy (non-hydrogen) atoms. The molecule has 0 unspecified atom stereocenters. The number of hydrogen-bond donors (Lipinski definition) is 1. The molecular weight excluding hydrogens is 452 g/mol. The van der Waals surface area contributed by atoms with Gasteiger partial charge in [0.05, 0.1) is 31.0 Å². The summed E-state index contributed by atoms with van der Waals surface area (Å²) in [6.07, 6.45) is 0.226. The maximum atomic E-state index is 12.6. The van der Waals surface area contributed by atoms with Crippen LogP contribution in [-0.4, -0.2) is 47.1 Å². The zero-order valence-corrected chi connectivity index (χ0v) is 19.7. The summed E-state index contributed by atoms with van der Waals surface area (Å²) in [6, 6.07) is 18.4. The first kappa shape index (κ1) is 21.9. The van der Waals surface area contributed by atoms with Crippen molar-refractivity contribution >= 4 is 33.7 Å². The summed E-state index contributed by atoms with van der Waals surface area (Å²) in [5.74, 6) is -0.109. The molecule has 2 aromatic carbocycles. The minimum Gasteiger partial charge on any atom is -0.379 e. The molecule has 0 radical (unpaired) electrons. The molecule has 0 atom stereocenters. The Morgan fingerprint density at radius 2 is 1.79 bits per heavy atom. The molecule has 2 aromatic heterocycles. The molecule has 6 nitrogen and oxygen atoms in total. The number of rotatable bonds is 7. The molecule has 3 heterocycles. The Hall–Kier alpha value is -2.91. The number of aromatic nitrogens is 2. The van der Waals surface area contributed by atoms with Gasteiger partial charge in [-0.15, -0.1) is 22.7 Å². The lowest BCUT2D eigenvalue weighted by molar-refractivity contribution is -0.115. The molecule has 1 aliphatic heterocycles. The predicted molar refractivity (Wildman–Crippen MR) is 134 cm³/mol. The first-order chi connectivity index (χ1) is 16.2. The Bertz CT molecular complexity index is 1220. The van der Waals surface area contributed by atoms with Crippen molar-refractivity contribution in [2.75, 3.05) is 31.6 Å². The monoisotopic (exact) mass is 476 g/mol. The van der Waals surface area contributed by atoms with E-state index in [1.54, 1.807) is 11.3 Å². The molecule has 1 aliphatic rings. The molecule has 1 amide bonds. The van der Waals surface area contributed by atoms with Gasteiger partial charge in [-0.25, -0.2) is 9.97 Å². The summed E-state index contributed by atoms with van der Waals surface area (Å²) in [4.78, 5) is 24.2. The molecule has 4 aromatic rings.